The average molecular weight is 243 g/mol. The molecule has 1 aromatic heterocycles. The second-order valence-electron chi connectivity index (χ2n) is 4.63. The number of hydrogen-bond donors (Lipinski definition) is 1. The third-order valence-corrected chi connectivity index (χ3v) is 3.06. The fourth-order valence-corrected chi connectivity index (χ4v) is 2.22. The molecule has 0 aliphatic heterocycles. The fraction of sp³-hybridized carbons (Fsp3) is 0.400. The molecule has 18 heavy (non-hydrogen) atoms. The Balaban J connectivity index is 2.47. The van der Waals surface area contributed by atoms with Gasteiger partial charge in [-0.05, 0) is 38.1 Å². The molecule has 0 aliphatic rings. The van der Waals surface area contributed by atoms with Gasteiger partial charge in [0.05, 0.1) is 5.69 Å². The first-order valence-corrected chi connectivity index (χ1v) is 6.52. The number of benzene rings is 1. The lowest BCUT2D eigenvalue weighted by Gasteiger charge is -2.12. The van der Waals surface area contributed by atoms with Gasteiger partial charge in [-0.3, -0.25) is 4.68 Å². The molecule has 0 atom stereocenters. The lowest BCUT2D eigenvalue weighted by Crippen LogP contribution is -2.08. The van der Waals surface area contributed by atoms with E-state index in [1.54, 1.807) is 0 Å². The van der Waals surface area contributed by atoms with Crippen molar-refractivity contribution in [2.75, 3.05) is 7.05 Å². The van der Waals surface area contributed by atoms with Gasteiger partial charge in [-0.25, -0.2) is 0 Å². The normalized spacial score (nSPS) is 10.8. The molecular weight excluding hydrogens is 222 g/mol. The number of aryl methyl sites for hydroxylation is 2. The molecule has 0 spiro atoms. The van der Waals surface area contributed by atoms with E-state index >= 15 is 0 Å². The van der Waals surface area contributed by atoms with Gasteiger partial charge in [-0.2, -0.15) is 5.10 Å². The quantitative estimate of drug-likeness (QED) is 0.875. The van der Waals surface area contributed by atoms with Crippen molar-refractivity contribution in [2.45, 2.75) is 33.4 Å². The standard InChI is InChI=1S/C15H21N3/c1-4-9-18-15(7-8-17-18)14-10-12(2)5-6-13(14)11-16-3/h5-8,10,16H,4,9,11H2,1-3H3. The molecular formula is C15H21N3. The summed E-state index contributed by atoms with van der Waals surface area (Å²) in [5, 5.41) is 7.64. The van der Waals surface area contributed by atoms with Gasteiger partial charge in [-0.1, -0.05) is 24.6 Å². The molecule has 3 heteroatoms. The van der Waals surface area contributed by atoms with E-state index in [0.29, 0.717) is 0 Å². The van der Waals surface area contributed by atoms with Crippen molar-refractivity contribution in [3.8, 4) is 11.3 Å². The van der Waals surface area contributed by atoms with Gasteiger partial charge in [0.25, 0.3) is 0 Å². The summed E-state index contributed by atoms with van der Waals surface area (Å²) < 4.78 is 2.09. The van der Waals surface area contributed by atoms with Crippen LogP contribution in [0.1, 0.15) is 24.5 Å². The summed E-state index contributed by atoms with van der Waals surface area (Å²) in [6, 6.07) is 8.71. The summed E-state index contributed by atoms with van der Waals surface area (Å²) >= 11 is 0. The smallest absolute Gasteiger partial charge is 0.0685 e. The lowest BCUT2D eigenvalue weighted by atomic mass is 10.0. The van der Waals surface area contributed by atoms with Crippen LogP contribution >= 0.6 is 0 Å². The zero-order valence-electron chi connectivity index (χ0n) is 11.4. The molecule has 0 fully saturated rings. The monoisotopic (exact) mass is 243 g/mol. The van der Waals surface area contributed by atoms with Crippen molar-refractivity contribution in [3.05, 3.63) is 41.6 Å². The van der Waals surface area contributed by atoms with Crippen molar-refractivity contribution >= 4 is 0 Å². The highest BCUT2D eigenvalue weighted by molar-refractivity contribution is 5.65. The molecule has 0 aliphatic carbocycles. The van der Waals surface area contributed by atoms with Gasteiger partial charge >= 0.3 is 0 Å². The summed E-state index contributed by atoms with van der Waals surface area (Å²) in [5.41, 5.74) is 5.11. The highest BCUT2D eigenvalue weighted by Crippen LogP contribution is 2.25. The maximum absolute atomic E-state index is 4.41. The summed E-state index contributed by atoms with van der Waals surface area (Å²) in [6.07, 6.45) is 2.98. The van der Waals surface area contributed by atoms with Crippen molar-refractivity contribution in [1.29, 1.82) is 0 Å². The Morgan fingerprint density at radius 2 is 2.11 bits per heavy atom. The molecule has 0 radical (unpaired) electrons. The van der Waals surface area contributed by atoms with Crippen LogP contribution in [0.25, 0.3) is 11.3 Å². The van der Waals surface area contributed by atoms with Crippen molar-refractivity contribution in [1.82, 2.24) is 15.1 Å². The highest BCUT2D eigenvalue weighted by Gasteiger charge is 2.09. The average Bonchev–Trinajstić information content (AvgIpc) is 2.80. The Morgan fingerprint density at radius 1 is 1.28 bits per heavy atom. The van der Waals surface area contributed by atoms with E-state index in [0.717, 1.165) is 19.5 Å². The first kappa shape index (κ1) is 12.8. The van der Waals surface area contributed by atoms with Crippen LogP contribution in [0.4, 0.5) is 0 Å². The molecule has 2 aromatic rings. The molecule has 3 nitrogen and oxygen atoms in total. The molecule has 96 valence electrons. The second-order valence-corrected chi connectivity index (χ2v) is 4.63. The number of nitrogens with zero attached hydrogens (tertiary/aromatic N) is 2. The number of hydrogen-bond acceptors (Lipinski definition) is 2. The molecule has 0 saturated carbocycles. The predicted octanol–water partition coefficient (Wildman–Crippen LogP) is 2.99. The lowest BCUT2D eigenvalue weighted by molar-refractivity contribution is 0.608. The SMILES string of the molecule is CCCn1nccc1-c1cc(C)ccc1CNC. The van der Waals surface area contributed by atoms with Crippen molar-refractivity contribution in [3.63, 3.8) is 0 Å². The zero-order chi connectivity index (χ0) is 13.0. The van der Waals surface area contributed by atoms with Gasteiger partial charge in [0.2, 0.25) is 0 Å². The van der Waals surface area contributed by atoms with Crippen LogP contribution in [0.2, 0.25) is 0 Å². The van der Waals surface area contributed by atoms with Gasteiger partial charge in [0.15, 0.2) is 0 Å². The van der Waals surface area contributed by atoms with E-state index in [9.17, 15) is 0 Å². The van der Waals surface area contributed by atoms with E-state index in [2.05, 4.69) is 53.2 Å². The van der Waals surface area contributed by atoms with Crippen molar-refractivity contribution in [2.24, 2.45) is 0 Å². The Hall–Kier alpha value is -1.61. The molecule has 0 amide bonds. The summed E-state index contributed by atoms with van der Waals surface area (Å²) in [5.74, 6) is 0. The van der Waals surface area contributed by atoms with Gasteiger partial charge < -0.3 is 5.32 Å². The minimum Gasteiger partial charge on any atom is -0.316 e. The summed E-state index contributed by atoms with van der Waals surface area (Å²) in [7, 11) is 1.98. The van der Waals surface area contributed by atoms with Crippen LogP contribution in [0, 0.1) is 6.92 Å². The number of rotatable bonds is 5. The highest BCUT2D eigenvalue weighted by atomic mass is 15.3. The van der Waals surface area contributed by atoms with Crippen LogP contribution in [0.5, 0.6) is 0 Å². The number of nitrogens with one attached hydrogen (secondary N) is 1. The first-order valence-electron chi connectivity index (χ1n) is 6.52. The number of aromatic nitrogens is 2. The maximum atomic E-state index is 4.41. The third-order valence-electron chi connectivity index (χ3n) is 3.06. The van der Waals surface area contributed by atoms with E-state index in [1.807, 2.05) is 13.2 Å². The Bertz CT molecular complexity index is 514. The minimum atomic E-state index is 0.882. The molecule has 1 aromatic carbocycles. The molecule has 1 N–H and O–H groups in total. The zero-order valence-corrected chi connectivity index (χ0v) is 11.4. The largest absolute Gasteiger partial charge is 0.316 e. The third kappa shape index (κ3) is 2.62. The summed E-state index contributed by atoms with van der Waals surface area (Å²) in [4.78, 5) is 0. The van der Waals surface area contributed by atoms with E-state index in [4.69, 9.17) is 0 Å². The molecule has 0 bridgehead atoms. The fourth-order valence-electron chi connectivity index (χ4n) is 2.22. The topological polar surface area (TPSA) is 29.9 Å². The van der Waals surface area contributed by atoms with Crippen LogP contribution in [-0.2, 0) is 13.1 Å². The van der Waals surface area contributed by atoms with E-state index in [1.165, 1.54) is 22.4 Å². The van der Waals surface area contributed by atoms with Crippen molar-refractivity contribution < 1.29 is 0 Å². The minimum absolute atomic E-state index is 0.882. The Labute approximate surface area is 109 Å². The Kier molecular flexibility index (Phi) is 4.15. The Morgan fingerprint density at radius 3 is 2.83 bits per heavy atom. The van der Waals surface area contributed by atoms with Crippen LogP contribution in [0.15, 0.2) is 30.5 Å². The summed E-state index contributed by atoms with van der Waals surface area (Å²) in [6.45, 7) is 6.16. The molecule has 2 rings (SSSR count). The van der Waals surface area contributed by atoms with E-state index < -0.39 is 0 Å². The van der Waals surface area contributed by atoms with Crippen LogP contribution in [-0.4, -0.2) is 16.8 Å². The van der Waals surface area contributed by atoms with E-state index in [-0.39, 0.29) is 0 Å². The van der Waals surface area contributed by atoms with Gasteiger partial charge in [-0.15, -0.1) is 0 Å². The molecule has 0 saturated heterocycles. The molecule has 1 heterocycles. The van der Waals surface area contributed by atoms with Crippen LogP contribution < -0.4 is 5.32 Å². The first-order chi connectivity index (χ1) is 8.76. The molecule has 0 unspecified atom stereocenters. The van der Waals surface area contributed by atoms with Gasteiger partial charge in [0.1, 0.15) is 0 Å². The second kappa shape index (κ2) is 5.83. The van der Waals surface area contributed by atoms with Crippen LogP contribution in [0.3, 0.4) is 0 Å². The predicted molar refractivity (Wildman–Crippen MR) is 75.5 cm³/mol. The maximum Gasteiger partial charge on any atom is 0.0685 e. The van der Waals surface area contributed by atoms with Gasteiger partial charge in [0, 0.05) is 24.8 Å².